The van der Waals surface area contributed by atoms with Crippen LogP contribution in [-0.2, 0) is 4.74 Å². The van der Waals surface area contributed by atoms with Gasteiger partial charge in [-0.25, -0.2) is 4.79 Å². The molecule has 2 N–H and O–H groups in total. The largest absolute Gasteiger partial charge is 0.376 e. The van der Waals surface area contributed by atoms with Crippen molar-refractivity contribution in [1.82, 2.24) is 10.6 Å². The normalized spacial score (nSPS) is 19.6. The van der Waals surface area contributed by atoms with Crippen molar-refractivity contribution < 1.29 is 9.53 Å². The molecule has 1 heterocycles. The van der Waals surface area contributed by atoms with E-state index < -0.39 is 0 Å². The van der Waals surface area contributed by atoms with Gasteiger partial charge in [-0.3, -0.25) is 0 Å². The van der Waals surface area contributed by atoms with Gasteiger partial charge in [0, 0.05) is 23.2 Å². The zero-order valence-electron chi connectivity index (χ0n) is 11.3. The summed E-state index contributed by atoms with van der Waals surface area (Å²) < 4.78 is 5.45. The van der Waals surface area contributed by atoms with E-state index in [1.54, 1.807) is 12.1 Å². The fraction of sp³-hybridized carbons (Fsp3) is 0.500. The van der Waals surface area contributed by atoms with E-state index in [0.717, 1.165) is 25.0 Å². The Kier molecular flexibility index (Phi) is 5.52. The second-order valence-corrected chi connectivity index (χ2v) is 5.72. The highest BCUT2D eigenvalue weighted by Gasteiger charge is 2.17. The molecule has 2 atom stereocenters. The molecule has 0 bridgehead atoms. The van der Waals surface area contributed by atoms with E-state index in [9.17, 15) is 4.79 Å². The maximum Gasteiger partial charge on any atom is 0.315 e. The molecule has 1 aromatic carbocycles. The quantitative estimate of drug-likeness (QED) is 0.892. The van der Waals surface area contributed by atoms with Gasteiger partial charge >= 0.3 is 6.03 Å². The Balaban J connectivity index is 1.83. The number of ether oxygens (including phenoxy) is 1. The van der Waals surface area contributed by atoms with Crippen LogP contribution in [0.15, 0.2) is 18.2 Å². The van der Waals surface area contributed by atoms with Crippen LogP contribution in [-0.4, -0.2) is 25.3 Å². The van der Waals surface area contributed by atoms with Crippen LogP contribution in [0.25, 0.3) is 0 Å². The molecular formula is C14H18Cl2N2O2. The zero-order chi connectivity index (χ0) is 14.5. The number of carbonyl (C=O) groups is 1. The van der Waals surface area contributed by atoms with E-state index in [2.05, 4.69) is 10.6 Å². The summed E-state index contributed by atoms with van der Waals surface area (Å²) in [5, 5.41) is 6.78. The number of benzene rings is 1. The van der Waals surface area contributed by atoms with Gasteiger partial charge in [0.1, 0.15) is 0 Å². The molecule has 1 aromatic rings. The van der Waals surface area contributed by atoms with Gasteiger partial charge in [-0.2, -0.15) is 0 Å². The fourth-order valence-corrected chi connectivity index (χ4v) is 2.76. The summed E-state index contributed by atoms with van der Waals surface area (Å²) in [5.74, 6) is 0. The summed E-state index contributed by atoms with van der Waals surface area (Å²) in [4.78, 5) is 11.8. The fourth-order valence-electron chi connectivity index (χ4n) is 2.19. The van der Waals surface area contributed by atoms with E-state index in [4.69, 9.17) is 27.9 Å². The van der Waals surface area contributed by atoms with Crippen LogP contribution in [0.3, 0.4) is 0 Å². The van der Waals surface area contributed by atoms with Gasteiger partial charge in [-0.1, -0.05) is 29.3 Å². The summed E-state index contributed by atoms with van der Waals surface area (Å²) >= 11 is 12.0. The third-order valence-electron chi connectivity index (χ3n) is 3.29. The number of nitrogens with one attached hydrogen (secondary N) is 2. The first-order valence-corrected chi connectivity index (χ1v) is 7.43. The Morgan fingerprint density at radius 1 is 1.50 bits per heavy atom. The summed E-state index contributed by atoms with van der Waals surface area (Å²) in [6.45, 7) is 3.19. The molecule has 1 aliphatic heterocycles. The minimum absolute atomic E-state index is 0.134. The summed E-state index contributed by atoms with van der Waals surface area (Å²) in [6.07, 6.45) is 2.19. The molecule has 0 unspecified atom stereocenters. The first-order chi connectivity index (χ1) is 9.56. The molecular weight excluding hydrogens is 299 g/mol. The van der Waals surface area contributed by atoms with Gasteiger partial charge in [0.05, 0.1) is 12.1 Å². The van der Waals surface area contributed by atoms with Gasteiger partial charge in [0.15, 0.2) is 0 Å². The van der Waals surface area contributed by atoms with Crippen LogP contribution < -0.4 is 10.6 Å². The third-order valence-corrected chi connectivity index (χ3v) is 3.85. The maximum absolute atomic E-state index is 11.8. The highest BCUT2D eigenvalue weighted by atomic mass is 35.5. The molecule has 0 spiro atoms. The van der Waals surface area contributed by atoms with Crippen molar-refractivity contribution >= 4 is 29.2 Å². The number of amides is 2. The minimum atomic E-state index is -0.223. The van der Waals surface area contributed by atoms with E-state index in [0.29, 0.717) is 16.6 Å². The van der Waals surface area contributed by atoms with Crippen molar-refractivity contribution in [2.45, 2.75) is 31.9 Å². The molecule has 0 radical (unpaired) electrons. The molecule has 1 aliphatic rings. The van der Waals surface area contributed by atoms with E-state index >= 15 is 0 Å². The standard InChI is InChI=1S/C14H18Cl2N2O2/c1-9(12-5-4-10(15)7-13(12)16)18-14(19)17-8-11-3-2-6-20-11/h4-5,7,9,11H,2-3,6,8H2,1H3,(H2,17,18,19)/t9-,11+/m0/s1. The topological polar surface area (TPSA) is 50.4 Å². The smallest absolute Gasteiger partial charge is 0.315 e. The molecule has 20 heavy (non-hydrogen) atoms. The predicted molar refractivity (Wildman–Crippen MR) is 80.4 cm³/mol. The highest BCUT2D eigenvalue weighted by molar-refractivity contribution is 6.35. The number of rotatable bonds is 4. The number of carbonyl (C=O) groups excluding carboxylic acids is 1. The molecule has 2 rings (SSSR count). The molecule has 1 fully saturated rings. The van der Waals surface area contributed by atoms with E-state index in [-0.39, 0.29) is 18.2 Å². The molecule has 4 nitrogen and oxygen atoms in total. The molecule has 0 aromatic heterocycles. The van der Waals surface area contributed by atoms with Crippen molar-refractivity contribution in [3.63, 3.8) is 0 Å². The lowest BCUT2D eigenvalue weighted by Gasteiger charge is -2.17. The van der Waals surface area contributed by atoms with Gasteiger partial charge < -0.3 is 15.4 Å². The number of hydrogen-bond acceptors (Lipinski definition) is 2. The average molecular weight is 317 g/mol. The average Bonchev–Trinajstić information content (AvgIpc) is 2.89. The van der Waals surface area contributed by atoms with Crippen molar-refractivity contribution in [2.75, 3.05) is 13.2 Å². The predicted octanol–water partition coefficient (Wildman–Crippen LogP) is 3.53. The Bertz CT molecular complexity index is 476. The Labute approximate surface area is 128 Å². The van der Waals surface area contributed by atoms with Crippen LogP contribution in [0.4, 0.5) is 4.79 Å². The van der Waals surface area contributed by atoms with E-state index in [1.165, 1.54) is 0 Å². The molecule has 1 saturated heterocycles. The first kappa shape index (κ1) is 15.4. The monoisotopic (exact) mass is 316 g/mol. The van der Waals surface area contributed by atoms with Crippen molar-refractivity contribution in [1.29, 1.82) is 0 Å². The molecule has 0 aliphatic carbocycles. The third kappa shape index (κ3) is 4.27. The Hall–Kier alpha value is -0.970. The number of urea groups is 1. The zero-order valence-corrected chi connectivity index (χ0v) is 12.8. The minimum Gasteiger partial charge on any atom is -0.376 e. The van der Waals surface area contributed by atoms with Gasteiger partial charge in [0.25, 0.3) is 0 Å². The van der Waals surface area contributed by atoms with Gasteiger partial charge in [0.2, 0.25) is 0 Å². The lowest BCUT2D eigenvalue weighted by atomic mass is 10.1. The summed E-state index contributed by atoms with van der Waals surface area (Å²) in [7, 11) is 0. The first-order valence-electron chi connectivity index (χ1n) is 6.67. The highest BCUT2D eigenvalue weighted by Crippen LogP contribution is 2.25. The number of halogens is 2. The number of hydrogen-bond donors (Lipinski definition) is 2. The molecule has 0 saturated carbocycles. The lowest BCUT2D eigenvalue weighted by Crippen LogP contribution is -2.40. The van der Waals surface area contributed by atoms with Crippen LogP contribution in [0.1, 0.15) is 31.4 Å². The van der Waals surface area contributed by atoms with Crippen molar-refractivity contribution in [2.24, 2.45) is 0 Å². The van der Waals surface area contributed by atoms with Crippen molar-refractivity contribution in [3.05, 3.63) is 33.8 Å². The summed E-state index contributed by atoms with van der Waals surface area (Å²) in [5.41, 5.74) is 0.836. The van der Waals surface area contributed by atoms with Crippen LogP contribution in [0, 0.1) is 0 Å². The van der Waals surface area contributed by atoms with E-state index in [1.807, 2.05) is 13.0 Å². The second-order valence-electron chi connectivity index (χ2n) is 4.88. The van der Waals surface area contributed by atoms with Crippen LogP contribution in [0.5, 0.6) is 0 Å². The van der Waals surface area contributed by atoms with Gasteiger partial charge in [-0.15, -0.1) is 0 Å². The summed E-state index contributed by atoms with van der Waals surface area (Å²) in [6, 6.07) is 4.82. The Morgan fingerprint density at radius 3 is 2.95 bits per heavy atom. The van der Waals surface area contributed by atoms with Crippen LogP contribution in [0.2, 0.25) is 10.0 Å². The Morgan fingerprint density at radius 2 is 2.30 bits per heavy atom. The molecule has 6 heteroatoms. The lowest BCUT2D eigenvalue weighted by molar-refractivity contribution is 0.111. The molecule has 110 valence electrons. The maximum atomic E-state index is 11.8. The SMILES string of the molecule is C[C@H](NC(=O)NC[C@H]1CCCO1)c1ccc(Cl)cc1Cl. The van der Waals surface area contributed by atoms with Crippen LogP contribution >= 0.6 is 23.2 Å². The second kappa shape index (κ2) is 7.16. The van der Waals surface area contributed by atoms with Gasteiger partial charge in [-0.05, 0) is 37.5 Å². The molecule has 2 amide bonds. The van der Waals surface area contributed by atoms with Crippen molar-refractivity contribution in [3.8, 4) is 0 Å².